The molecule has 5 heteroatoms. The molecule has 2 aromatic rings. The van der Waals surface area contributed by atoms with Gasteiger partial charge in [-0.15, -0.1) is 0 Å². The van der Waals surface area contributed by atoms with Gasteiger partial charge >= 0.3 is 0 Å². The van der Waals surface area contributed by atoms with Crippen molar-refractivity contribution in [2.24, 2.45) is 7.05 Å². The molecule has 0 aliphatic heterocycles. The number of nitrogens with one attached hydrogen (secondary N) is 1. The van der Waals surface area contributed by atoms with Crippen LogP contribution < -0.4 is 5.32 Å². The number of aromatic nitrogens is 2. The summed E-state index contributed by atoms with van der Waals surface area (Å²) < 4.78 is 4.12. The van der Waals surface area contributed by atoms with Crippen LogP contribution in [0.15, 0.2) is 39.4 Å². The standard InChI is InChI=1S/C14H17Br2N3/c1-17-14(4-3-13-5-6-18-19(13)2)10-7-11(15)9-12(16)8-10/h5-9,14,17H,3-4H2,1-2H3. The van der Waals surface area contributed by atoms with Gasteiger partial charge in [0, 0.05) is 33.9 Å². The van der Waals surface area contributed by atoms with Crippen molar-refractivity contribution in [2.75, 3.05) is 7.05 Å². The summed E-state index contributed by atoms with van der Waals surface area (Å²) in [6, 6.07) is 8.79. The fraction of sp³-hybridized carbons (Fsp3) is 0.357. The van der Waals surface area contributed by atoms with E-state index in [9.17, 15) is 0 Å². The van der Waals surface area contributed by atoms with Crippen LogP contribution in [-0.4, -0.2) is 16.8 Å². The first kappa shape index (κ1) is 14.8. The van der Waals surface area contributed by atoms with Crippen LogP contribution in [0.3, 0.4) is 0 Å². The molecule has 1 N–H and O–H groups in total. The van der Waals surface area contributed by atoms with E-state index in [0.717, 1.165) is 21.8 Å². The zero-order valence-corrected chi connectivity index (χ0v) is 14.2. The van der Waals surface area contributed by atoms with Gasteiger partial charge in [-0.2, -0.15) is 5.10 Å². The number of hydrogen-bond acceptors (Lipinski definition) is 2. The lowest BCUT2D eigenvalue weighted by Crippen LogP contribution is -2.17. The van der Waals surface area contributed by atoms with E-state index >= 15 is 0 Å². The Bertz CT molecular complexity index is 531. The summed E-state index contributed by atoms with van der Waals surface area (Å²) in [5, 5.41) is 7.59. The molecule has 0 saturated heterocycles. The number of nitrogens with zero attached hydrogens (tertiary/aromatic N) is 2. The Labute approximate surface area is 130 Å². The molecule has 0 aliphatic rings. The first-order valence-corrected chi connectivity index (χ1v) is 7.79. The minimum absolute atomic E-state index is 0.337. The van der Waals surface area contributed by atoms with Gasteiger partial charge in [0.1, 0.15) is 0 Å². The smallest absolute Gasteiger partial charge is 0.0492 e. The summed E-state index contributed by atoms with van der Waals surface area (Å²) in [6.07, 6.45) is 3.89. The van der Waals surface area contributed by atoms with Gasteiger partial charge in [0.2, 0.25) is 0 Å². The van der Waals surface area contributed by atoms with E-state index in [1.165, 1.54) is 11.3 Å². The van der Waals surface area contributed by atoms with Crippen molar-refractivity contribution in [2.45, 2.75) is 18.9 Å². The van der Waals surface area contributed by atoms with Crippen LogP contribution in [0.4, 0.5) is 0 Å². The molecule has 0 fully saturated rings. The van der Waals surface area contributed by atoms with Crippen molar-refractivity contribution >= 4 is 31.9 Å². The topological polar surface area (TPSA) is 29.9 Å². The highest BCUT2D eigenvalue weighted by Gasteiger charge is 2.11. The number of halogens is 2. The zero-order valence-electron chi connectivity index (χ0n) is 11.0. The molecule has 0 amide bonds. The molecule has 0 saturated carbocycles. The van der Waals surface area contributed by atoms with Crippen molar-refractivity contribution in [1.82, 2.24) is 15.1 Å². The van der Waals surface area contributed by atoms with Gasteiger partial charge in [-0.05, 0) is 49.7 Å². The molecule has 0 radical (unpaired) electrons. The minimum Gasteiger partial charge on any atom is -0.313 e. The molecule has 1 atom stereocenters. The Morgan fingerprint density at radius 2 is 1.95 bits per heavy atom. The van der Waals surface area contributed by atoms with Crippen molar-refractivity contribution in [3.8, 4) is 0 Å². The lowest BCUT2D eigenvalue weighted by molar-refractivity contribution is 0.535. The SMILES string of the molecule is CNC(CCc1ccnn1C)c1cc(Br)cc(Br)c1. The molecule has 0 aliphatic carbocycles. The number of rotatable bonds is 5. The molecule has 102 valence electrons. The zero-order chi connectivity index (χ0) is 13.8. The van der Waals surface area contributed by atoms with E-state index in [1.54, 1.807) is 0 Å². The molecule has 1 unspecified atom stereocenters. The van der Waals surface area contributed by atoms with Gasteiger partial charge in [-0.25, -0.2) is 0 Å². The lowest BCUT2D eigenvalue weighted by Gasteiger charge is -2.17. The van der Waals surface area contributed by atoms with Gasteiger partial charge in [0.25, 0.3) is 0 Å². The molecule has 1 aromatic carbocycles. The molecule has 19 heavy (non-hydrogen) atoms. The van der Waals surface area contributed by atoms with Crippen molar-refractivity contribution in [1.29, 1.82) is 0 Å². The third-order valence-corrected chi connectivity index (χ3v) is 4.16. The van der Waals surface area contributed by atoms with Crippen LogP contribution in [-0.2, 0) is 13.5 Å². The van der Waals surface area contributed by atoms with E-state index in [-0.39, 0.29) is 0 Å². The Balaban J connectivity index is 2.09. The van der Waals surface area contributed by atoms with E-state index < -0.39 is 0 Å². The predicted molar refractivity (Wildman–Crippen MR) is 85.2 cm³/mol. The molecular weight excluding hydrogens is 370 g/mol. The molecule has 2 rings (SSSR count). The average Bonchev–Trinajstić information content (AvgIpc) is 2.75. The number of hydrogen-bond donors (Lipinski definition) is 1. The van der Waals surface area contributed by atoms with E-state index in [0.29, 0.717) is 6.04 Å². The molecule has 0 bridgehead atoms. The van der Waals surface area contributed by atoms with Gasteiger partial charge in [0.15, 0.2) is 0 Å². The highest BCUT2D eigenvalue weighted by atomic mass is 79.9. The van der Waals surface area contributed by atoms with Crippen molar-refractivity contribution in [3.63, 3.8) is 0 Å². The van der Waals surface area contributed by atoms with E-state index in [2.05, 4.69) is 66.5 Å². The minimum atomic E-state index is 0.337. The third kappa shape index (κ3) is 3.91. The molecule has 1 heterocycles. The second-order valence-corrected chi connectivity index (χ2v) is 6.36. The molecule has 3 nitrogen and oxygen atoms in total. The maximum Gasteiger partial charge on any atom is 0.0492 e. The van der Waals surface area contributed by atoms with Crippen LogP contribution >= 0.6 is 31.9 Å². The van der Waals surface area contributed by atoms with Gasteiger partial charge in [-0.3, -0.25) is 4.68 Å². The van der Waals surface area contributed by atoms with Crippen molar-refractivity contribution < 1.29 is 0 Å². The Morgan fingerprint density at radius 1 is 1.26 bits per heavy atom. The maximum atomic E-state index is 4.20. The predicted octanol–water partition coefficient (Wildman–Crippen LogP) is 3.84. The third-order valence-electron chi connectivity index (χ3n) is 3.25. The van der Waals surface area contributed by atoms with E-state index in [1.807, 2.05) is 25.0 Å². The molecular formula is C14H17Br2N3. The van der Waals surface area contributed by atoms with Crippen LogP contribution in [0.1, 0.15) is 23.7 Å². The van der Waals surface area contributed by atoms with Gasteiger partial charge < -0.3 is 5.32 Å². The second-order valence-electron chi connectivity index (χ2n) is 4.53. The summed E-state index contributed by atoms with van der Waals surface area (Å²) in [4.78, 5) is 0. The summed E-state index contributed by atoms with van der Waals surface area (Å²) in [7, 11) is 3.99. The average molecular weight is 387 g/mol. The lowest BCUT2D eigenvalue weighted by atomic mass is 10.0. The monoisotopic (exact) mass is 385 g/mol. The number of benzene rings is 1. The first-order valence-electron chi connectivity index (χ1n) is 6.20. The largest absolute Gasteiger partial charge is 0.313 e. The van der Waals surface area contributed by atoms with Crippen LogP contribution in [0, 0.1) is 0 Å². The highest BCUT2D eigenvalue weighted by Crippen LogP contribution is 2.26. The Kier molecular flexibility index (Phi) is 5.19. The van der Waals surface area contributed by atoms with Crippen molar-refractivity contribution in [3.05, 3.63) is 50.7 Å². The Hall–Kier alpha value is -0.650. The van der Waals surface area contributed by atoms with Crippen LogP contribution in [0.2, 0.25) is 0 Å². The van der Waals surface area contributed by atoms with E-state index in [4.69, 9.17) is 0 Å². The molecule has 0 spiro atoms. The summed E-state index contributed by atoms with van der Waals surface area (Å²) in [5.74, 6) is 0. The second kappa shape index (κ2) is 6.68. The number of aryl methyl sites for hydroxylation is 2. The quantitative estimate of drug-likeness (QED) is 0.845. The van der Waals surface area contributed by atoms with Gasteiger partial charge in [-0.1, -0.05) is 31.9 Å². The summed E-state index contributed by atoms with van der Waals surface area (Å²) in [6.45, 7) is 0. The fourth-order valence-electron chi connectivity index (χ4n) is 2.19. The fourth-order valence-corrected chi connectivity index (χ4v) is 3.52. The molecule has 1 aromatic heterocycles. The normalized spacial score (nSPS) is 12.6. The summed E-state index contributed by atoms with van der Waals surface area (Å²) in [5.41, 5.74) is 2.54. The maximum absolute atomic E-state index is 4.20. The first-order chi connectivity index (χ1) is 9.10. The summed E-state index contributed by atoms with van der Waals surface area (Å²) >= 11 is 7.08. The van der Waals surface area contributed by atoms with Crippen LogP contribution in [0.25, 0.3) is 0 Å². The Morgan fingerprint density at radius 3 is 2.47 bits per heavy atom. The van der Waals surface area contributed by atoms with Gasteiger partial charge in [0.05, 0.1) is 0 Å². The highest BCUT2D eigenvalue weighted by molar-refractivity contribution is 9.11. The van der Waals surface area contributed by atoms with Crippen LogP contribution in [0.5, 0.6) is 0 Å².